The normalized spacial score (nSPS) is 21.5. The SMILES string of the molecule is C=C[C@H](C)N1C(=O)S/C(=C\c2ccc(N3CCOCC3)cc2)C1=O. The Kier molecular flexibility index (Phi) is 5.06. The number of hydrogen-bond acceptors (Lipinski definition) is 5. The van der Waals surface area contributed by atoms with E-state index in [1.807, 2.05) is 24.3 Å². The van der Waals surface area contributed by atoms with Crippen LogP contribution in [0.1, 0.15) is 12.5 Å². The maximum absolute atomic E-state index is 12.4. The summed E-state index contributed by atoms with van der Waals surface area (Å²) in [5, 5.41) is -0.247. The number of benzene rings is 1. The summed E-state index contributed by atoms with van der Waals surface area (Å²) in [7, 11) is 0. The van der Waals surface area contributed by atoms with Crippen molar-refractivity contribution in [2.75, 3.05) is 31.2 Å². The molecule has 2 heterocycles. The van der Waals surface area contributed by atoms with Crippen LogP contribution in [0.2, 0.25) is 0 Å². The van der Waals surface area contributed by atoms with Gasteiger partial charge in [-0.1, -0.05) is 18.2 Å². The molecule has 0 N–H and O–H groups in total. The lowest BCUT2D eigenvalue weighted by molar-refractivity contribution is -0.123. The molecule has 3 rings (SSSR count). The van der Waals surface area contributed by atoms with Crippen molar-refractivity contribution in [1.82, 2.24) is 4.90 Å². The number of carbonyl (C=O) groups is 2. The van der Waals surface area contributed by atoms with E-state index < -0.39 is 0 Å². The summed E-state index contributed by atoms with van der Waals surface area (Å²) in [6, 6.07) is 7.71. The number of amides is 2. The maximum atomic E-state index is 12.4. The van der Waals surface area contributed by atoms with Crippen LogP contribution >= 0.6 is 11.8 Å². The molecule has 2 amide bonds. The largest absolute Gasteiger partial charge is 0.378 e. The monoisotopic (exact) mass is 344 g/mol. The number of rotatable bonds is 4. The average Bonchev–Trinajstić information content (AvgIpc) is 2.89. The number of anilines is 1. The van der Waals surface area contributed by atoms with Crippen LogP contribution in [0.4, 0.5) is 10.5 Å². The highest BCUT2D eigenvalue weighted by molar-refractivity contribution is 8.18. The average molecular weight is 344 g/mol. The molecule has 2 fully saturated rings. The lowest BCUT2D eigenvalue weighted by Crippen LogP contribution is -2.36. The Balaban J connectivity index is 1.75. The Morgan fingerprint density at radius 1 is 1.21 bits per heavy atom. The summed E-state index contributed by atoms with van der Waals surface area (Å²) in [5.74, 6) is -0.255. The fraction of sp³-hybridized carbons (Fsp3) is 0.333. The fourth-order valence-electron chi connectivity index (χ4n) is 2.69. The van der Waals surface area contributed by atoms with Gasteiger partial charge in [0.25, 0.3) is 11.1 Å². The molecule has 2 saturated heterocycles. The molecule has 6 heteroatoms. The molecule has 24 heavy (non-hydrogen) atoms. The van der Waals surface area contributed by atoms with Gasteiger partial charge in [0.05, 0.1) is 24.2 Å². The van der Waals surface area contributed by atoms with E-state index in [9.17, 15) is 9.59 Å². The molecule has 0 aliphatic carbocycles. The van der Waals surface area contributed by atoms with E-state index in [4.69, 9.17) is 4.74 Å². The Labute approximate surface area is 145 Å². The van der Waals surface area contributed by atoms with Gasteiger partial charge in [0, 0.05) is 18.8 Å². The molecular weight excluding hydrogens is 324 g/mol. The maximum Gasteiger partial charge on any atom is 0.294 e. The molecule has 0 saturated carbocycles. The minimum atomic E-state index is -0.299. The number of thioether (sulfide) groups is 1. The number of imide groups is 1. The highest BCUT2D eigenvalue weighted by Crippen LogP contribution is 2.34. The molecule has 2 aliphatic rings. The zero-order valence-corrected chi connectivity index (χ0v) is 14.4. The molecule has 5 nitrogen and oxygen atoms in total. The van der Waals surface area contributed by atoms with Crippen molar-refractivity contribution in [3.63, 3.8) is 0 Å². The van der Waals surface area contributed by atoms with Gasteiger partial charge in [-0.3, -0.25) is 14.5 Å². The highest BCUT2D eigenvalue weighted by Gasteiger charge is 2.37. The second-order valence-electron chi connectivity index (χ2n) is 5.72. The lowest BCUT2D eigenvalue weighted by atomic mass is 10.1. The molecule has 1 aromatic rings. The van der Waals surface area contributed by atoms with Crippen LogP contribution in [-0.2, 0) is 9.53 Å². The summed E-state index contributed by atoms with van der Waals surface area (Å²) in [6.07, 6.45) is 3.36. The van der Waals surface area contributed by atoms with Crippen LogP contribution in [0.25, 0.3) is 6.08 Å². The zero-order chi connectivity index (χ0) is 17.1. The van der Waals surface area contributed by atoms with E-state index in [0.717, 1.165) is 49.3 Å². The number of nitrogens with zero attached hydrogens (tertiary/aromatic N) is 2. The van der Waals surface area contributed by atoms with Crippen LogP contribution in [0.15, 0.2) is 41.8 Å². The van der Waals surface area contributed by atoms with Gasteiger partial charge in [-0.25, -0.2) is 0 Å². The second kappa shape index (κ2) is 7.23. The molecule has 0 unspecified atom stereocenters. The molecule has 126 valence electrons. The van der Waals surface area contributed by atoms with Gasteiger partial charge in [-0.05, 0) is 42.5 Å². The number of ether oxygens (including phenoxy) is 1. The topological polar surface area (TPSA) is 49.9 Å². The van der Waals surface area contributed by atoms with E-state index in [0.29, 0.717) is 4.91 Å². The van der Waals surface area contributed by atoms with E-state index in [1.165, 1.54) is 4.90 Å². The van der Waals surface area contributed by atoms with Crippen molar-refractivity contribution in [3.8, 4) is 0 Å². The molecule has 0 spiro atoms. The third-order valence-electron chi connectivity index (χ3n) is 4.14. The van der Waals surface area contributed by atoms with Crippen LogP contribution in [0, 0.1) is 0 Å². The van der Waals surface area contributed by atoms with E-state index in [-0.39, 0.29) is 17.2 Å². The molecule has 1 aromatic carbocycles. The van der Waals surface area contributed by atoms with Gasteiger partial charge in [0.2, 0.25) is 0 Å². The van der Waals surface area contributed by atoms with Crippen LogP contribution in [0.3, 0.4) is 0 Å². The molecule has 0 aromatic heterocycles. The second-order valence-corrected chi connectivity index (χ2v) is 6.71. The van der Waals surface area contributed by atoms with Crippen molar-refractivity contribution in [2.45, 2.75) is 13.0 Å². The van der Waals surface area contributed by atoms with E-state index in [1.54, 1.807) is 19.1 Å². The standard InChI is InChI=1S/C18H20N2O3S/c1-3-13(2)20-17(21)16(24-18(20)22)12-14-4-6-15(7-5-14)19-8-10-23-11-9-19/h3-7,12-13H,1,8-11H2,2H3/b16-12-/t13-/m0/s1. The first kappa shape index (κ1) is 16.8. The predicted molar refractivity (Wildman–Crippen MR) is 96.9 cm³/mol. The van der Waals surface area contributed by atoms with Crippen molar-refractivity contribution in [1.29, 1.82) is 0 Å². The van der Waals surface area contributed by atoms with Gasteiger partial charge in [-0.2, -0.15) is 0 Å². The minimum absolute atomic E-state index is 0.247. The first-order chi connectivity index (χ1) is 11.6. The van der Waals surface area contributed by atoms with Crippen LogP contribution < -0.4 is 4.90 Å². The molecule has 2 aliphatic heterocycles. The van der Waals surface area contributed by atoms with Gasteiger partial charge >= 0.3 is 0 Å². The smallest absolute Gasteiger partial charge is 0.294 e. The van der Waals surface area contributed by atoms with Crippen molar-refractivity contribution in [2.24, 2.45) is 0 Å². The highest BCUT2D eigenvalue weighted by atomic mass is 32.2. The summed E-state index contributed by atoms with van der Waals surface area (Å²) in [5.41, 5.74) is 2.05. The minimum Gasteiger partial charge on any atom is -0.378 e. The number of hydrogen-bond donors (Lipinski definition) is 0. The summed E-state index contributed by atoms with van der Waals surface area (Å²) >= 11 is 0.976. The Bertz CT molecular complexity index is 678. The summed E-state index contributed by atoms with van der Waals surface area (Å²) in [6.45, 7) is 8.70. The zero-order valence-electron chi connectivity index (χ0n) is 13.6. The lowest BCUT2D eigenvalue weighted by Gasteiger charge is -2.28. The van der Waals surface area contributed by atoms with E-state index >= 15 is 0 Å². The summed E-state index contributed by atoms with van der Waals surface area (Å²) in [4.78, 5) is 28.4. The van der Waals surface area contributed by atoms with Crippen LogP contribution in [-0.4, -0.2) is 48.4 Å². The van der Waals surface area contributed by atoms with E-state index in [2.05, 4.69) is 11.5 Å². The van der Waals surface area contributed by atoms with Crippen molar-refractivity contribution in [3.05, 3.63) is 47.4 Å². The third-order valence-corrected chi connectivity index (χ3v) is 5.02. The van der Waals surface area contributed by atoms with Gasteiger partial charge < -0.3 is 9.64 Å². The quantitative estimate of drug-likeness (QED) is 0.620. The molecule has 0 bridgehead atoms. The van der Waals surface area contributed by atoms with Crippen molar-refractivity contribution < 1.29 is 14.3 Å². The first-order valence-electron chi connectivity index (χ1n) is 7.92. The number of morpholine rings is 1. The Morgan fingerprint density at radius 3 is 2.50 bits per heavy atom. The Hall–Kier alpha value is -2.05. The third kappa shape index (κ3) is 3.39. The molecular formula is C18H20N2O3S. The van der Waals surface area contributed by atoms with Gasteiger partial charge in [0.1, 0.15) is 0 Å². The molecule has 1 atom stereocenters. The first-order valence-corrected chi connectivity index (χ1v) is 8.74. The summed E-state index contributed by atoms with van der Waals surface area (Å²) < 4.78 is 5.36. The van der Waals surface area contributed by atoms with Crippen LogP contribution in [0.5, 0.6) is 0 Å². The fourth-order valence-corrected chi connectivity index (χ4v) is 3.61. The Morgan fingerprint density at radius 2 is 1.88 bits per heavy atom. The van der Waals surface area contributed by atoms with Gasteiger partial charge in [0.15, 0.2) is 0 Å². The number of carbonyl (C=O) groups excluding carboxylic acids is 2. The molecule has 0 radical (unpaired) electrons. The van der Waals surface area contributed by atoms with Gasteiger partial charge in [-0.15, -0.1) is 6.58 Å². The van der Waals surface area contributed by atoms with Crippen molar-refractivity contribution >= 4 is 34.7 Å². The predicted octanol–water partition coefficient (Wildman–Crippen LogP) is 3.13.